The maximum atomic E-state index is 13.7. The molecule has 8 heteroatoms. The molecule has 1 saturated carbocycles. The lowest BCUT2D eigenvalue weighted by atomic mass is 9.91. The highest BCUT2D eigenvalue weighted by atomic mass is 16.5. The summed E-state index contributed by atoms with van der Waals surface area (Å²) in [6.45, 7) is 3.12. The van der Waals surface area contributed by atoms with Crippen molar-refractivity contribution in [1.82, 2.24) is 19.8 Å². The van der Waals surface area contributed by atoms with Crippen LogP contribution in [0.2, 0.25) is 0 Å². The van der Waals surface area contributed by atoms with Crippen LogP contribution < -0.4 is 15.8 Å². The number of carbonyl (C=O) groups is 2. The van der Waals surface area contributed by atoms with E-state index in [2.05, 4.69) is 33.9 Å². The van der Waals surface area contributed by atoms with Gasteiger partial charge in [-0.3, -0.25) is 9.59 Å². The Morgan fingerprint density at radius 2 is 1.89 bits per heavy atom. The number of amides is 2. The Balaban J connectivity index is 1.39. The third kappa shape index (κ3) is 5.75. The fourth-order valence-electron chi connectivity index (χ4n) is 5.59. The first-order valence-corrected chi connectivity index (χ1v) is 13.5. The second-order valence-electron chi connectivity index (χ2n) is 10.6. The minimum atomic E-state index is -0.599. The number of hydrogen-bond acceptors (Lipinski definition) is 5. The van der Waals surface area contributed by atoms with Crippen molar-refractivity contribution in [3.05, 3.63) is 82.9 Å². The van der Waals surface area contributed by atoms with Crippen LogP contribution in [-0.4, -0.2) is 51.5 Å². The van der Waals surface area contributed by atoms with Crippen molar-refractivity contribution >= 4 is 11.8 Å². The van der Waals surface area contributed by atoms with Crippen molar-refractivity contribution in [3.63, 3.8) is 0 Å². The van der Waals surface area contributed by atoms with Gasteiger partial charge >= 0.3 is 0 Å². The molecule has 1 aliphatic carbocycles. The van der Waals surface area contributed by atoms with E-state index in [0.717, 1.165) is 42.6 Å². The van der Waals surface area contributed by atoms with Gasteiger partial charge in [-0.1, -0.05) is 36.4 Å². The molecule has 38 heavy (non-hydrogen) atoms. The summed E-state index contributed by atoms with van der Waals surface area (Å²) in [5.74, 6) is 0.513. The predicted molar refractivity (Wildman–Crippen MR) is 146 cm³/mol. The molecule has 3 N–H and O–H groups in total. The topological polar surface area (TPSA) is 102 Å². The Hall–Kier alpha value is -3.65. The third-order valence-corrected chi connectivity index (χ3v) is 7.95. The van der Waals surface area contributed by atoms with E-state index in [9.17, 15) is 9.59 Å². The van der Waals surface area contributed by atoms with Crippen molar-refractivity contribution in [2.75, 3.05) is 7.11 Å². The minimum absolute atomic E-state index is 0.0849. The van der Waals surface area contributed by atoms with Crippen LogP contribution in [0.3, 0.4) is 0 Å². The van der Waals surface area contributed by atoms with E-state index in [1.807, 2.05) is 42.7 Å². The highest BCUT2D eigenvalue weighted by Gasteiger charge is 2.37. The summed E-state index contributed by atoms with van der Waals surface area (Å²) < 4.78 is 7.45. The van der Waals surface area contributed by atoms with Gasteiger partial charge < -0.3 is 25.3 Å². The SMILES string of the molecule is COc1cccc(CC(=O)N2Cc3c(ncn3Cc3ccccc3C)CC2C(=O)NC2CCC(N)CC2)c1. The van der Waals surface area contributed by atoms with Crippen LogP contribution >= 0.6 is 0 Å². The highest BCUT2D eigenvalue weighted by molar-refractivity contribution is 5.89. The number of nitrogens with one attached hydrogen (secondary N) is 1. The molecule has 0 bridgehead atoms. The standard InChI is InChI=1S/C30H37N5O3/c1-20-6-3-4-8-22(20)17-34-19-32-26-16-27(30(37)33-24-12-10-23(31)11-13-24)35(18-28(26)34)29(36)15-21-7-5-9-25(14-21)38-2/h3-9,14,19,23-24,27H,10-13,15-18,31H2,1-2H3,(H,33,37). The summed E-state index contributed by atoms with van der Waals surface area (Å²) in [6.07, 6.45) is 5.98. The molecule has 1 aromatic heterocycles. The Kier molecular flexibility index (Phi) is 7.79. The number of benzene rings is 2. The molecule has 0 saturated heterocycles. The molecule has 2 heterocycles. The van der Waals surface area contributed by atoms with E-state index in [1.165, 1.54) is 11.1 Å². The quantitative estimate of drug-likeness (QED) is 0.503. The second-order valence-corrected chi connectivity index (χ2v) is 10.6. The number of methoxy groups -OCH3 is 1. The largest absolute Gasteiger partial charge is 0.497 e. The molecular formula is C30H37N5O3. The number of carbonyl (C=O) groups excluding carboxylic acids is 2. The molecule has 2 aromatic carbocycles. The highest BCUT2D eigenvalue weighted by Crippen LogP contribution is 2.26. The van der Waals surface area contributed by atoms with Crippen molar-refractivity contribution in [2.24, 2.45) is 5.73 Å². The molecule has 1 atom stereocenters. The van der Waals surface area contributed by atoms with Gasteiger partial charge in [-0.15, -0.1) is 0 Å². The molecule has 200 valence electrons. The summed E-state index contributed by atoms with van der Waals surface area (Å²) in [6, 6.07) is 15.5. The van der Waals surface area contributed by atoms with Gasteiger partial charge in [0.1, 0.15) is 11.8 Å². The maximum Gasteiger partial charge on any atom is 0.243 e. The number of ether oxygens (including phenoxy) is 1. The zero-order valence-corrected chi connectivity index (χ0v) is 22.2. The first kappa shape index (κ1) is 26.0. The summed E-state index contributed by atoms with van der Waals surface area (Å²) in [5, 5.41) is 3.22. The van der Waals surface area contributed by atoms with Crippen LogP contribution in [0.1, 0.15) is 53.8 Å². The van der Waals surface area contributed by atoms with Crippen molar-refractivity contribution in [3.8, 4) is 5.75 Å². The average Bonchev–Trinajstić information content (AvgIpc) is 3.32. The van der Waals surface area contributed by atoms with Gasteiger partial charge in [-0.2, -0.15) is 0 Å². The Bertz CT molecular complexity index is 1290. The van der Waals surface area contributed by atoms with Gasteiger partial charge in [0.25, 0.3) is 0 Å². The molecule has 2 amide bonds. The number of aryl methyl sites for hydroxylation is 1. The number of aromatic nitrogens is 2. The number of fused-ring (bicyclic) bond motifs is 1. The van der Waals surface area contributed by atoms with Gasteiger partial charge in [0.15, 0.2) is 0 Å². The van der Waals surface area contributed by atoms with Crippen LogP contribution in [0.25, 0.3) is 0 Å². The van der Waals surface area contributed by atoms with Gasteiger partial charge in [-0.05, 0) is 61.4 Å². The van der Waals surface area contributed by atoms with Crippen molar-refractivity contribution in [2.45, 2.75) is 76.7 Å². The van der Waals surface area contributed by atoms with Gasteiger partial charge in [0.05, 0.1) is 37.8 Å². The monoisotopic (exact) mass is 515 g/mol. The first-order chi connectivity index (χ1) is 18.4. The minimum Gasteiger partial charge on any atom is -0.497 e. The second kappa shape index (κ2) is 11.4. The number of hydrogen-bond donors (Lipinski definition) is 2. The van der Waals surface area contributed by atoms with Crippen LogP contribution in [0.5, 0.6) is 5.75 Å². The van der Waals surface area contributed by atoms with Crippen LogP contribution in [-0.2, 0) is 35.5 Å². The number of rotatable bonds is 7. The molecule has 0 radical (unpaired) electrons. The van der Waals surface area contributed by atoms with E-state index in [-0.39, 0.29) is 30.3 Å². The molecule has 3 aromatic rings. The van der Waals surface area contributed by atoms with E-state index < -0.39 is 6.04 Å². The van der Waals surface area contributed by atoms with Crippen molar-refractivity contribution < 1.29 is 14.3 Å². The zero-order chi connectivity index (χ0) is 26.6. The molecule has 1 unspecified atom stereocenters. The number of nitrogens with zero attached hydrogens (tertiary/aromatic N) is 3. The van der Waals surface area contributed by atoms with Crippen LogP contribution in [0.15, 0.2) is 54.9 Å². The maximum absolute atomic E-state index is 13.7. The summed E-state index contributed by atoms with van der Waals surface area (Å²) in [5.41, 5.74) is 11.2. The normalized spacial score (nSPS) is 21.0. The fraction of sp³-hybridized carbons (Fsp3) is 0.433. The van der Waals surface area contributed by atoms with Gasteiger partial charge in [-0.25, -0.2) is 4.98 Å². The Morgan fingerprint density at radius 3 is 2.66 bits per heavy atom. The van der Waals surface area contributed by atoms with E-state index in [1.54, 1.807) is 12.0 Å². The summed E-state index contributed by atoms with van der Waals surface area (Å²) in [7, 11) is 1.61. The van der Waals surface area contributed by atoms with Crippen molar-refractivity contribution in [1.29, 1.82) is 0 Å². The summed E-state index contributed by atoms with van der Waals surface area (Å²) in [4.78, 5) is 33.7. The Labute approximate surface area is 224 Å². The summed E-state index contributed by atoms with van der Waals surface area (Å²) >= 11 is 0. The number of imidazole rings is 1. The molecule has 0 spiro atoms. The first-order valence-electron chi connectivity index (χ1n) is 13.5. The molecular weight excluding hydrogens is 478 g/mol. The lowest BCUT2D eigenvalue weighted by molar-refractivity contribution is -0.141. The smallest absolute Gasteiger partial charge is 0.243 e. The van der Waals surface area contributed by atoms with E-state index in [4.69, 9.17) is 10.5 Å². The molecule has 5 rings (SSSR count). The third-order valence-electron chi connectivity index (χ3n) is 7.95. The van der Waals surface area contributed by atoms with Gasteiger partial charge in [0.2, 0.25) is 11.8 Å². The van der Waals surface area contributed by atoms with Crippen LogP contribution in [0.4, 0.5) is 0 Å². The number of nitrogens with two attached hydrogens (primary N) is 1. The lowest BCUT2D eigenvalue weighted by Crippen LogP contribution is -2.55. The Morgan fingerprint density at radius 1 is 1.11 bits per heavy atom. The molecule has 8 nitrogen and oxygen atoms in total. The average molecular weight is 516 g/mol. The van der Waals surface area contributed by atoms with Crippen LogP contribution in [0, 0.1) is 6.92 Å². The zero-order valence-electron chi connectivity index (χ0n) is 22.2. The molecule has 1 fully saturated rings. The predicted octanol–water partition coefficient (Wildman–Crippen LogP) is 3.13. The van der Waals surface area contributed by atoms with E-state index in [0.29, 0.717) is 25.3 Å². The van der Waals surface area contributed by atoms with E-state index >= 15 is 0 Å². The fourth-order valence-corrected chi connectivity index (χ4v) is 5.59. The molecule has 2 aliphatic rings. The molecule has 1 aliphatic heterocycles. The lowest BCUT2D eigenvalue weighted by Gasteiger charge is -2.36. The van der Waals surface area contributed by atoms with Gasteiger partial charge in [0, 0.05) is 25.0 Å².